The molecule has 5 N–H and O–H groups in total. The Hall–Kier alpha value is -2.31. The fourth-order valence-electron chi connectivity index (χ4n) is 1.66. The molecule has 0 spiro atoms. The highest BCUT2D eigenvalue weighted by Gasteiger charge is 2.07. The number of carbonyl (C=O) groups is 1. The van der Waals surface area contributed by atoms with Gasteiger partial charge in [0, 0.05) is 18.3 Å². The van der Waals surface area contributed by atoms with Crippen LogP contribution in [-0.4, -0.2) is 32.8 Å². The first-order valence-corrected chi connectivity index (χ1v) is 5.74. The van der Waals surface area contributed by atoms with E-state index in [0.717, 1.165) is 18.5 Å². The third kappa shape index (κ3) is 2.88. The quantitative estimate of drug-likeness (QED) is 0.573. The fourth-order valence-corrected chi connectivity index (χ4v) is 1.66. The van der Waals surface area contributed by atoms with Gasteiger partial charge in [-0.2, -0.15) is 10.2 Å². The van der Waals surface area contributed by atoms with Gasteiger partial charge in [0.25, 0.3) is 5.91 Å². The van der Waals surface area contributed by atoms with Gasteiger partial charge in [0.1, 0.15) is 11.5 Å². The maximum Gasteiger partial charge on any atom is 0.269 e. The largest absolute Gasteiger partial charge is 0.382 e. The number of aryl methyl sites for hydroxylation is 2. The first-order chi connectivity index (χ1) is 8.66. The van der Waals surface area contributed by atoms with Crippen LogP contribution in [0, 0.1) is 6.92 Å². The number of rotatable bonds is 5. The van der Waals surface area contributed by atoms with Gasteiger partial charge >= 0.3 is 0 Å². The highest BCUT2D eigenvalue weighted by atomic mass is 16.1. The fraction of sp³-hybridized carbons (Fsp3) is 0.364. The normalized spacial score (nSPS) is 10.5. The third-order valence-electron chi connectivity index (χ3n) is 2.69. The van der Waals surface area contributed by atoms with E-state index in [1.807, 2.05) is 13.1 Å². The molecule has 2 aromatic rings. The number of hydrogen-bond donors (Lipinski definition) is 4. The molecule has 2 heterocycles. The van der Waals surface area contributed by atoms with Gasteiger partial charge in [-0.15, -0.1) is 0 Å². The maximum atomic E-state index is 11.6. The summed E-state index contributed by atoms with van der Waals surface area (Å²) < 4.78 is 0. The minimum Gasteiger partial charge on any atom is -0.382 e. The lowest BCUT2D eigenvalue weighted by molar-refractivity contribution is 0.0948. The van der Waals surface area contributed by atoms with E-state index in [2.05, 4.69) is 25.7 Å². The molecule has 0 saturated carbocycles. The van der Waals surface area contributed by atoms with Crippen LogP contribution in [-0.2, 0) is 6.42 Å². The molecule has 2 aromatic heterocycles. The first kappa shape index (κ1) is 12.2. The monoisotopic (exact) mass is 248 g/mol. The summed E-state index contributed by atoms with van der Waals surface area (Å²) in [5.74, 6) is 0.122. The summed E-state index contributed by atoms with van der Waals surface area (Å²) in [7, 11) is 0. The summed E-state index contributed by atoms with van der Waals surface area (Å²) in [4.78, 5) is 11.6. The van der Waals surface area contributed by atoms with Crippen LogP contribution in [0.5, 0.6) is 0 Å². The molecule has 0 aliphatic rings. The van der Waals surface area contributed by atoms with Crippen LogP contribution >= 0.6 is 0 Å². The average Bonchev–Trinajstić information content (AvgIpc) is 2.94. The van der Waals surface area contributed by atoms with Crippen molar-refractivity contribution in [1.29, 1.82) is 0 Å². The van der Waals surface area contributed by atoms with Gasteiger partial charge in [-0.25, -0.2) is 0 Å². The third-order valence-corrected chi connectivity index (χ3v) is 2.69. The SMILES string of the molecule is Cc1[nH]ncc1CCCNC(=O)c1cc(N)n[nH]1. The zero-order chi connectivity index (χ0) is 13.0. The molecule has 96 valence electrons. The summed E-state index contributed by atoms with van der Waals surface area (Å²) in [6, 6.07) is 1.51. The predicted molar refractivity (Wildman–Crippen MR) is 67.0 cm³/mol. The Kier molecular flexibility index (Phi) is 3.61. The smallest absolute Gasteiger partial charge is 0.269 e. The Morgan fingerprint density at radius 2 is 2.33 bits per heavy atom. The van der Waals surface area contributed by atoms with Crippen LogP contribution in [0.15, 0.2) is 12.3 Å². The van der Waals surface area contributed by atoms with Crippen molar-refractivity contribution >= 4 is 11.7 Å². The number of hydrogen-bond acceptors (Lipinski definition) is 4. The number of nitrogen functional groups attached to an aromatic ring is 1. The summed E-state index contributed by atoms with van der Waals surface area (Å²) >= 11 is 0. The lowest BCUT2D eigenvalue weighted by Gasteiger charge is -2.03. The van der Waals surface area contributed by atoms with Gasteiger partial charge in [0.05, 0.1) is 6.20 Å². The minimum atomic E-state index is -0.192. The number of carbonyl (C=O) groups excluding carboxylic acids is 1. The molecular formula is C11H16N6O. The van der Waals surface area contributed by atoms with Crippen molar-refractivity contribution in [3.05, 3.63) is 29.2 Å². The zero-order valence-electron chi connectivity index (χ0n) is 10.2. The van der Waals surface area contributed by atoms with Crippen molar-refractivity contribution in [3.8, 4) is 0 Å². The number of anilines is 1. The summed E-state index contributed by atoms with van der Waals surface area (Å²) in [6.45, 7) is 2.58. The second-order valence-corrected chi connectivity index (χ2v) is 4.09. The molecular weight excluding hydrogens is 232 g/mol. The van der Waals surface area contributed by atoms with Crippen LogP contribution in [0.1, 0.15) is 28.2 Å². The van der Waals surface area contributed by atoms with E-state index in [0.29, 0.717) is 18.1 Å². The van der Waals surface area contributed by atoms with Crippen LogP contribution in [0.2, 0.25) is 0 Å². The van der Waals surface area contributed by atoms with Gasteiger partial charge < -0.3 is 11.1 Å². The average molecular weight is 248 g/mol. The van der Waals surface area contributed by atoms with E-state index in [1.54, 1.807) is 0 Å². The van der Waals surface area contributed by atoms with E-state index in [1.165, 1.54) is 11.6 Å². The van der Waals surface area contributed by atoms with Crippen molar-refractivity contribution in [2.45, 2.75) is 19.8 Å². The topological polar surface area (TPSA) is 112 Å². The molecule has 0 radical (unpaired) electrons. The van der Waals surface area contributed by atoms with Gasteiger partial charge in [-0.1, -0.05) is 0 Å². The van der Waals surface area contributed by atoms with Crippen molar-refractivity contribution in [2.75, 3.05) is 12.3 Å². The molecule has 0 fully saturated rings. The molecule has 7 nitrogen and oxygen atoms in total. The number of amides is 1. The highest BCUT2D eigenvalue weighted by molar-refractivity contribution is 5.92. The molecule has 0 aromatic carbocycles. The molecule has 0 atom stereocenters. The predicted octanol–water partition coefficient (Wildman–Crippen LogP) is 0.386. The van der Waals surface area contributed by atoms with Crippen molar-refractivity contribution in [2.24, 2.45) is 0 Å². The molecule has 1 amide bonds. The molecule has 0 aliphatic heterocycles. The van der Waals surface area contributed by atoms with Crippen molar-refractivity contribution in [3.63, 3.8) is 0 Å². The Balaban J connectivity index is 1.73. The Labute approximate surface area is 104 Å². The van der Waals surface area contributed by atoms with Gasteiger partial charge in [0.2, 0.25) is 0 Å². The van der Waals surface area contributed by atoms with E-state index in [4.69, 9.17) is 5.73 Å². The molecule has 0 bridgehead atoms. The van der Waals surface area contributed by atoms with E-state index < -0.39 is 0 Å². The molecule has 7 heteroatoms. The number of aromatic amines is 2. The van der Waals surface area contributed by atoms with Crippen molar-refractivity contribution in [1.82, 2.24) is 25.7 Å². The number of H-pyrrole nitrogens is 2. The lowest BCUT2D eigenvalue weighted by atomic mass is 10.1. The molecule has 0 unspecified atom stereocenters. The van der Waals surface area contributed by atoms with Crippen LogP contribution in [0.4, 0.5) is 5.82 Å². The Morgan fingerprint density at radius 1 is 1.50 bits per heavy atom. The Bertz CT molecular complexity index is 529. The molecule has 2 rings (SSSR count). The van der Waals surface area contributed by atoms with E-state index in [9.17, 15) is 4.79 Å². The van der Waals surface area contributed by atoms with Gasteiger partial charge in [-0.3, -0.25) is 15.0 Å². The van der Waals surface area contributed by atoms with Crippen molar-refractivity contribution < 1.29 is 4.79 Å². The summed E-state index contributed by atoms with van der Waals surface area (Å²) in [5, 5.41) is 15.9. The summed E-state index contributed by atoms with van der Waals surface area (Å²) in [5.41, 5.74) is 8.05. The number of aromatic nitrogens is 4. The Morgan fingerprint density at radius 3 is 2.94 bits per heavy atom. The van der Waals surface area contributed by atoms with Crippen LogP contribution in [0.25, 0.3) is 0 Å². The van der Waals surface area contributed by atoms with Gasteiger partial charge in [-0.05, 0) is 25.3 Å². The van der Waals surface area contributed by atoms with Gasteiger partial charge in [0.15, 0.2) is 0 Å². The molecule has 0 aliphatic carbocycles. The second-order valence-electron chi connectivity index (χ2n) is 4.09. The number of nitrogens with one attached hydrogen (secondary N) is 3. The van der Waals surface area contributed by atoms with Crippen LogP contribution in [0.3, 0.4) is 0 Å². The van der Waals surface area contributed by atoms with E-state index >= 15 is 0 Å². The molecule has 0 saturated heterocycles. The first-order valence-electron chi connectivity index (χ1n) is 5.74. The molecule has 18 heavy (non-hydrogen) atoms. The number of nitrogens with zero attached hydrogens (tertiary/aromatic N) is 2. The highest BCUT2D eigenvalue weighted by Crippen LogP contribution is 2.05. The zero-order valence-corrected chi connectivity index (χ0v) is 10.2. The maximum absolute atomic E-state index is 11.6. The second kappa shape index (κ2) is 5.35. The number of nitrogens with two attached hydrogens (primary N) is 1. The standard InChI is InChI=1S/C11H16N6O/c1-7-8(6-14-15-7)3-2-4-13-11(18)9-5-10(12)17-16-9/h5-6H,2-4H2,1H3,(H,13,18)(H,14,15)(H3,12,16,17). The minimum absolute atomic E-state index is 0.192. The van der Waals surface area contributed by atoms with Crippen LogP contribution < -0.4 is 11.1 Å². The van der Waals surface area contributed by atoms with E-state index in [-0.39, 0.29) is 5.91 Å². The summed E-state index contributed by atoms with van der Waals surface area (Å²) in [6.07, 6.45) is 3.55. The lowest BCUT2D eigenvalue weighted by Crippen LogP contribution is -2.25.